The molecule has 0 saturated heterocycles. The van der Waals surface area contributed by atoms with E-state index in [1.165, 1.54) is 0 Å². The molecule has 1 heterocycles. The maximum Gasteiger partial charge on any atom is 0.0635 e. The van der Waals surface area contributed by atoms with Crippen LogP contribution in [-0.4, -0.2) is 17.7 Å². The summed E-state index contributed by atoms with van der Waals surface area (Å²) in [4.78, 5) is 7.19. The van der Waals surface area contributed by atoms with Crippen LogP contribution in [0, 0.1) is 0 Å². The summed E-state index contributed by atoms with van der Waals surface area (Å²) in [5.41, 5.74) is 2.13. The molecule has 1 aromatic heterocycles. The third kappa shape index (κ3) is 3.74. The van der Waals surface area contributed by atoms with E-state index in [2.05, 4.69) is 16.6 Å². The van der Waals surface area contributed by atoms with E-state index < -0.39 is 0 Å². The average molecular weight is 180 g/mol. The fourth-order valence-electron chi connectivity index (χ4n) is 0.867. The standard InChI is InChI=1S/C9H12N2.C2H6.H2/c1-3-8-5-6-11-9(8)7-10-4-2;1-2;/h3,5-7,11H,1,4H2,2H3;1-2H3;1H. The van der Waals surface area contributed by atoms with E-state index >= 15 is 0 Å². The van der Waals surface area contributed by atoms with Crippen LogP contribution >= 0.6 is 0 Å². The van der Waals surface area contributed by atoms with E-state index in [1.807, 2.05) is 45.3 Å². The number of H-pyrrole nitrogens is 1. The molecule has 0 aromatic carbocycles. The van der Waals surface area contributed by atoms with Crippen molar-refractivity contribution in [2.75, 3.05) is 6.54 Å². The molecule has 2 nitrogen and oxygen atoms in total. The first-order valence-electron chi connectivity index (χ1n) is 4.68. The molecule has 0 saturated carbocycles. The van der Waals surface area contributed by atoms with Gasteiger partial charge in [0.15, 0.2) is 0 Å². The maximum absolute atomic E-state index is 4.12. The lowest BCUT2D eigenvalue weighted by Gasteiger charge is -1.88. The summed E-state index contributed by atoms with van der Waals surface area (Å²) >= 11 is 0. The van der Waals surface area contributed by atoms with E-state index in [0.717, 1.165) is 17.8 Å². The number of hydrogen-bond acceptors (Lipinski definition) is 1. The number of aromatic nitrogens is 1. The Morgan fingerprint density at radius 3 is 2.85 bits per heavy atom. The van der Waals surface area contributed by atoms with Gasteiger partial charge in [0.05, 0.1) is 5.69 Å². The highest BCUT2D eigenvalue weighted by Gasteiger charge is 1.93. The number of aliphatic imine (C=N–C) groups is 1. The highest BCUT2D eigenvalue weighted by atomic mass is 14.7. The molecule has 2 heteroatoms. The van der Waals surface area contributed by atoms with Gasteiger partial charge in [-0.2, -0.15) is 0 Å². The van der Waals surface area contributed by atoms with Crippen molar-refractivity contribution in [3.05, 3.63) is 30.1 Å². The Balaban J connectivity index is 0. The maximum atomic E-state index is 4.12. The molecule has 0 aliphatic carbocycles. The lowest BCUT2D eigenvalue weighted by Crippen LogP contribution is -1.84. The van der Waals surface area contributed by atoms with E-state index in [-0.39, 0.29) is 1.43 Å². The quantitative estimate of drug-likeness (QED) is 0.691. The number of rotatable bonds is 3. The molecule has 0 radical (unpaired) electrons. The highest BCUT2D eigenvalue weighted by Crippen LogP contribution is 2.04. The summed E-state index contributed by atoms with van der Waals surface area (Å²) in [6.45, 7) is 10.5. The Morgan fingerprint density at radius 1 is 1.62 bits per heavy atom. The molecule has 74 valence electrons. The molecule has 0 aliphatic rings. The van der Waals surface area contributed by atoms with Crippen molar-refractivity contribution >= 4 is 12.3 Å². The second kappa shape index (κ2) is 7.35. The van der Waals surface area contributed by atoms with Gasteiger partial charge in [-0.05, 0) is 13.0 Å². The first-order chi connectivity index (χ1) is 6.38. The number of nitrogens with zero attached hydrogens (tertiary/aromatic N) is 1. The van der Waals surface area contributed by atoms with E-state index in [0.29, 0.717) is 0 Å². The SMILES string of the molecule is C=Cc1cc[nH]c1C=NCC.CC.[HH]. The molecule has 0 bridgehead atoms. The molecule has 1 N–H and O–H groups in total. The molecule has 0 atom stereocenters. The first-order valence-corrected chi connectivity index (χ1v) is 4.68. The Kier molecular flexibility index (Phi) is 6.60. The fourth-order valence-corrected chi connectivity index (χ4v) is 0.867. The zero-order chi connectivity index (χ0) is 10.1. The van der Waals surface area contributed by atoms with Gasteiger partial charge in [0.1, 0.15) is 0 Å². The minimum atomic E-state index is 0. The summed E-state index contributed by atoms with van der Waals surface area (Å²) in [7, 11) is 0. The van der Waals surface area contributed by atoms with E-state index in [4.69, 9.17) is 0 Å². The van der Waals surface area contributed by atoms with Gasteiger partial charge in [-0.1, -0.05) is 26.5 Å². The molecule has 1 rings (SSSR count). The zero-order valence-electron chi connectivity index (χ0n) is 8.67. The monoisotopic (exact) mass is 180 g/mol. The third-order valence-electron chi connectivity index (χ3n) is 1.44. The van der Waals surface area contributed by atoms with Crippen molar-refractivity contribution in [3.8, 4) is 0 Å². The van der Waals surface area contributed by atoms with Gasteiger partial charge >= 0.3 is 0 Å². The minimum absolute atomic E-state index is 0. The molecular weight excluding hydrogens is 160 g/mol. The molecule has 0 fully saturated rings. The van der Waals surface area contributed by atoms with E-state index in [1.54, 1.807) is 0 Å². The molecule has 0 unspecified atom stereocenters. The third-order valence-corrected chi connectivity index (χ3v) is 1.44. The van der Waals surface area contributed by atoms with Crippen LogP contribution in [0.25, 0.3) is 6.08 Å². The van der Waals surface area contributed by atoms with Crippen LogP contribution < -0.4 is 0 Å². The van der Waals surface area contributed by atoms with Crippen molar-refractivity contribution in [3.63, 3.8) is 0 Å². The highest BCUT2D eigenvalue weighted by molar-refractivity contribution is 5.82. The predicted molar refractivity (Wildman–Crippen MR) is 62.5 cm³/mol. The van der Waals surface area contributed by atoms with Crippen LogP contribution in [0.3, 0.4) is 0 Å². The topological polar surface area (TPSA) is 28.1 Å². The summed E-state index contributed by atoms with van der Waals surface area (Å²) < 4.78 is 0. The molecule has 0 aliphatic heterocycles. The summed E-state index contributed by atoms with van der Waals surface area (Å²) in [6, 6.07) is 1.98. The molecule has 1 aromatic rings. The lowest BCUT2D eigenvalue weighted by atomic mass is 10.2. The second-order valence-electron chi connectivity index (χ2n) is 2.18. The summed E-state index contributed by atoms with van der Waals surface area (Å²) in [5, 5.41) is 0. The largest absolute Gasteiger partial charge is 0.360 e. The van der Waals surface area contributed by atoms with E-state index in [9.17, 15) is 0 Å². The van der Waals surface area contributed by atoms with Crippen LogP contribution in [-0.2, 0) is 0 Å². The smallest absolute Gasteiger partial charge is 0.0635 e. The Hall–Kier alpha value is -1.31. The zero-order valence-corrected chi connectivity index (χ0v) is 8.67. The molecule has 13 heavy (non-hydrogen) atoms. The minimum Gasteiger partial charge on any atom is -0.360 e. The van der Waals surface area contributed by atoms with Gasteiger partial charge in [-0.15, -0.1) is 0 Å². The van der Waals surface area contributed by atoms with Crippen molar-refractivity contribution in [1.82, 2.24) is 4.98 Å². The Labute approximate surface area is 81.9 Å². The second-order valence-corrected chi connectivity index (χ2v) is 2.18. The van der Waals surface area contributed by atoms with Crippen molar-refractivity contribution in [1.29, 1.82) is 0 Å². The number of nitrogens with one attached hydrogen (secondary N) is 1. The van der Waals surface area contributed by atoms with Gasteiger partial charge in [-0.3, -0.25) is 4.99 Å². The van der Waals surface area contributed by atoms with Crippen LogP contribution in [0.1, 0.15) is 33.5 Å². The van der Waals surface area contributed by atoms with Crippen molar-refractivity contribution in [2.24, 2.45) is 4.99 Å². The van der Waals surface area contributed by atoms with Gasteiger partial charge < -0.3 is 4.98 Å². The summed E-state index contributed by atoms with van der Waals surface area (Å²) in [6.07, 6.45) is 5.53. The number of hydrogen-bond donors (Lipinski definition) is 1. The van der Waals surface area contributed by atoms with Crippen molar-refractivity contribution in [2.45, 2.75) is 20.8 Å². The van der Waals surface area contributed by atoms with Crippen LogP contribution in [0.2, 0.25) is 0 Å². The predicted octanol–water partition coefficient (Wildman–Crippen LogP) is 3.37. The normalized spacial score (nSPS) is 9.46. The fraction of sp³-hybridized carbons (Fsp3) is 0.364. The lowest BCUT2D eigenvalue weighted by molar-refractivity contribution is 1.14. The van der Waals surface area contributed by atoms with Crippen LogP contribution in [0.5, 0.6) is 0 Å². The summed E-state index contributed by atoms with van der Waals surface area (Å²) in [5.74, 6) is 0. The van der Waals surface area contributed by atoms with Crippen LogP contribution in [0.15, 0.2) is 23.8 Å². The van der Waals surface area contributed by atoms with Crippen molar-refractivity contribution < 1.29 is 1.43 Å². The molecular formula is C11H20N2. The van der Waals surface area contributed by atoms with Gasteiger partial charge in [0.2, 0.25) is 0 Å². The van der Waals surface area contributed by atoms with Gasteiger partial charge in [0.25, 0.3) is 0 Å². The molecule has 0 amide bonds. The molecule has 0 spiro atoms. The van der Waals surface area contributed by atoms with Gasteiger partial charge in [0, 0.05) is 25.9 Å². The average Bonchev–Trinajstić information content (AvgIpc) is 2.65. The van der Waals surface area contributed by atoms with Crippen LogP contribution in [0.4, 0.5) is 0 Å². The Bertz CT molecular complexity index is 264. The first kappa shape index (κ1) is 11.7. The Morgan fingerprint density at radius 2 is 2.31 bits per heavy atom. The number of aromatic amines is 1. The van der Waals surface area contributed by atoms with Gasteiger partial charge in [-0.25, -0.2) is 0 Å².